The molecule has 28 heavy (non-hydrogen) atoms. The van der Waals surface area contributed by atoms with Crippen LogP contribution in [-0.4, -0.2) is 56.6 Å². The van der Waals surface area contributed by atoms with Crippen molar-refractivity contribution in [1.29, 1.82) is 0 Å². The molecular formula is C21H29N5O2. The summed E-state index contributed by atoms with van der Waals surface area (Å²) >= 11 is 0. The van der Waals surface area contributed by atoms with Crippen LogP contribution in [0.5, 0.6) is 0 Å². The van der Waals surface area contributed by atoms with Crippen LogP contribution in [0.1, 0.15) is 59.4 Å². The van der Waals surface area contributed by atoms with Gasteiger partial charge in [-0.25, -0.2) is 4.68 Å². The van der Waals surface area contributed by atoms with Crippen molar-refractivity contribution < 1.29 is 9.90 Å². The number of carbonyl (C=O) groups is 1. The number of rotatable bonds is 5. The summed E-state index contributed by atoms with van der Waals surface area (Å²) in [6, 6.07) is 6.46. The molecule has 1 aliphatic heterocycles. The van der Waals surface area contributed by atoms with Crippen LogP contribution in [0.25, 0.3) is 5.69 Å². The van der Waals surface area contributed by atoms with Gasteiger partial charge in [-0.15, -0.1) is 5.10 Å². The topological polar surface area (TPSA) is 83.3 Å². The van der Waals surface area contributed by atoms with E-state index >= 15 is 0 Å². The number of nitrogens with one attached hydrogen (secondary N) is 1. The third-order valence-corrected chi connectivity index (χ3v) is 6.01. The van der Waals surface area contributed by atoms with Gasteiger partial charge in [0.15, 0.2) is 5.69 Å². The molecule has 2 N–H and O–H groups in total. The SMILES string of the molecule is Cc1c(C(=O)NC2CCCCC2)nnn1-c1cccc2c1CCN(CCO)C2. The molecule has 1 aliphatic carbocycles. The number of fused-ring (bicyclic) bond motifs is 1. The van der Waals surface area contributed by atoms with E-state index in [1.165, 1.54) is 30.4 Å². The lowest BCUT2D eigenvalue weighted by molar-refractivity contribution is 0.0922. The number of benzene rings is 1. The molecule has 1 fully saturated rings. The van der Waals surface area contributed by atoms with Crippen molar-refractivity contribution in [2.75, 3.05) is 19.7 Å². The number of carbonyl (C=O) groups excluding carboxylic acids is 1. The third-order valence-electron chi connectivity index (χ3n) is 6.01. The quantitative estimate of drug-likeness (QED) is 0.825. The summed E-state index contributed by atoms with van der Waals surface area (Å²) in [6.07, 6.45) is 6.62. The fourth-order valence-electron chi connectivity index (χ4n) is 4.45. The minimum absolute atomic E-state index is 0.116. The second-order valence-corrected chi connectivity index (χ2v) is 7.91. The zero-order valence-corrected chi connectivity index (χ0v) is 16.5. The first kappa shape index (κ1) is 19.1. The summed E-state index contributed by atoms with van der Waals surface area (Å²) in [5.74, 6) is -0.116. The van der Waals surface area contributed by atoms with Crippen LogP contribution in [0.15, 0.2) is 18.2 Å². The number of aromatic nitrogens is 3. The van der Waals surface area contributed by atoms with Gasteiger partial charge < -0.3 is 10.4 Å². The number of nitrogens with zero attached hydrogens (tertiary/aromatic N) is 4. The molecule has 150 valence electrons. The van der Waals surface area contributed by atoms with Crippen molar-refractivity contribution in [3.63, 3.8) is 0 Å². The van der Waals surface area contributed by atoms with Crippen molar-refractivity contribution in [2.24, 2.45) is 0 Å². The van der Waals surface area contributed by atoms with E-state index < -0.39 is 0 Å². The molecule has 2 heterocycles. The second kappa shape index (κ2) is 8.41. The minimum Gasteiger partial charge on any atom is -0.395 e. The van der Waals surface area contributed by atoms with Crippen molar-refractivity contribution >= 4 is 5.91 Å². The molecular weight excluding hydrogens is 354 g/mol. The Morgan fingerprint density at radius 3 is 2.89 bits per heavy atom. The Balaban J connectivity index is 1.56. The second-order valence-electron chi connectivity index (χ2n) is 7.91. The van der Waals surface area contributed by atoms with Crippen molar-refractivity contribution in [2.45, 2.75) is 58.0 Å². The monoisotopic (exact) mass is 383 g/mol. The summed E-state index contributed by atoms with van der Waals surface area (Å²) in [7, 11) is 0. The van der Waals surface area contributed by atoms with Gasteiger partial charge in [-0.05, 0) is 43.4 Å². The van der Waals surface area contributed by atoms with E-state index in [1.54, 1.807) is 4.68 Å². The molecule has 0 spiro atoms. The van der Waals surface area contributed by atoms with Crippen molar-refractivity contribution in [3.05, 3.63) is 40.7 Å². The average Bonchev–Trinajstić information content (AvgIpc) is 3.09. The predicted molar refractivity (Wildman–Crippen MR) is 107 cm³/mol. The fourth-order valence-corrected chi connectivity index (χ4v) is 4.45. The summed E-state index contributed by atoms with van der Waals surface area (Å²) in [5.41, 5.74) is 4.70. The van der Waals surface area contributed by atoms with Crippen LogP contribution >= 0.6 is 0 Å². The Morgan fingerprint density at radius 2 is 2.11 bits per heavy atom. The van der Waals surface area contributed by atoms with E-state index in [0.717, 1.165) is 43.7 Å². The Labute approximate surface area is 165 Å². The lowest BCUT2D eigenvalue weighted by Gasteiger charge is -2.29. The number of amides is 1. The normalized spacial score (nSPS) is 18.1. The minimum atomic E-state index is -0.116. The molecule has 1 aromatic heterocycles. The van der Waals surface area contributed by atoms with Gasteiger partial charge in [0.05, 0.1) is 18.0 Å². The molecule has 2 aromatic rings. The predicted octanol–water partition coefficient (Wildman–Crippen LogP) is 1.99. The summed E-state index contributed by atoms with van der Waals surface area (Å²) in [6.45, 7) is 4.52. The van der Waals surface area contributed by atoms with Gasteiger partial charge >= 0.3 is 0 Å². The smallest absolute Gasteiger partial charge is 0.273 e. The Hall–Kier alpha value is -2.25. The van der Waals surface area contributed by atoms with Gasteiger partial charge in [-0.3, -0.25) is 9.69 Å². The number of hydrogen-bond acceptors (Lipinski definition) is 5. The number of aliphatic hydroxyl groups is 1. The maximum atomic E-state index is 12.7. The van der Waals surface area contributed by atoms with Gasteiger partial charge in [0, 0.05) is 25.7 Å². The summed E-state index contributed by atoms with van der Waals surface area (Å²) < 4.78 is 1.80. The maximum Gasteiger partial charge on any atom is 0.273 e. The van der Waals surface area contributed by atoms with Crippen LogP contribution in [0.2, 0.25) is 0 Å². The van der Waals surface area contributed by atoms with Crippen LogP contribution in [0.3, 0.4) is 0 Å². The highest BCUT2D eigenvalue weighted by molar-refractivity contribution is 5.93. The lowest BCUT2D eigenvalue weighted by Crippen LogP contribution is -2.36. The summed E-state index contributed by atoms with van der Waals surface area (Å²) in [4.78, 5) is 15.0. The molecule has 1 aromatic carbocycles. The molecule has 0 radical (unpaired) electrons. The zero-order chi connectivity index (χ0) is 19.5. The van der Waals surface area contributed by atoms with E-state index in [4.69, 9.17) is 0 Å². The highest BCUT2D eigenvalue weighted by Crippen LogP contribution is 2.26. The zero-order valence-electron chi connectivity index (χ0n) is 16.5. The Kier molecular flexibility index (Phi) is 5.73. The van der Waals surface area contributed by atoms with Gasteiger partial charge in [-0.1, -0.05) is 36.6 Å². The average molecular weight is 383 g/mol. The van der Waals surface area contributed by atoms with Gasteiger partial charge in [0.25, 0.3) is 5.91 Å². The number of aliphatic hydroxyl groups excluding tert-OH is 1. The van der Waals surface area contributed by atoms with Crippen LogP contribution in [0.4, 0.5) is 0 Å². The number of β-amino-alcohol motifs (C(OH)–C–C–N with tert-alkyl or cyclic N) is 1. The van der Waals surface area contributed by atoms with Crippen LogP contribution < -0.4 is 5.32 Å². The maximum absolute atomic E-state index is 12.7. The molecule has 0 atom stereocenters. The highest BCUT2D eigenvalue weighted by atomic mass is 16.3. The van der Waals surface area contributed by atoms with E-state index in [0.29, 0.717) is 12.2 Å². The molecule has 0 saturated heterocycles. The van der Waals surface area contributed by atoms with Crippen LogP contribution in [0, 0.1) is 6.92 Å². The molecule has 7 heteroatoms. The van der Waals surface area contributed by atoms with E-state index in [9.17, 15) is 9.90 Å². The molecule has 1 amide bonds. The number of hydrogen-bond donors (Lipinski definition) is 2. The third kappa shape index (κ3) is 3.82. The molecule has 1 saturated carbocycles. The van der Waals surface area contributed by atoms with Gasteiger partial charge in [0.2, 0.25) is 0 Å². The molecule has 0 unspecified atom stereocenters. The highest BCUT2D eigenvalue weighted by Gasteiger charge is 2.24. The molecule has 4 rings (SSSR count). The first-order valence-corrected chi connectivity index (χ1v) is 10.3. The Bertz CT molecular complexity index is 841. The van der Waals surface area contributed by atoms with E-state index in [2.05, 4.69) is 26.6 Å². The van der Waals surface area contributed by atoms with Gasteiger partial charge in [-0.2, -0.15) is 0 Å². The lowest BCUT2D eigenvalue weighted by atomic mass is 9.95. The summed E-state index contributed by atoms with van der Waals surface area (Å²) in [5, 5.41) is 20.9. The largest absolute Gasteiger partial charge is 0.395 e. The van der Waals surface area contributed by atoms with Crippen molar-refractivity contribution in [3.8, 4) is 5.69 Å². The standard InChI is InChI=1S/C21H29N5O2/c1-15-20(21(28)22-17-7-3-2-4-8-17)23-24-26(15)19-9-5-6-16-14-25(12-13-27)11-10-18(16)19/h5-6,9,17,27H,2-4,7-8,10-14H2,1H3,(H,22,28). The first-order valence-electron chi connectivity index (χ1n) is 10.3. The van der Waals surface area contributed by atoms with E-state index in [-0.39, 0.29) is 18.6 Å². The molecule has 0 bridgehead atoms. The van der Waals surface area contributed by atoms with Crippen LogP contribution in [-0.2, 0) is 13.0 Å². The van der Waals surface area contributed by atoms with Crippen molar-refractivity contribution in [1.82, 2.24) is 25.2 Å². The van der Waals surface area contributed by atoms with E-state index in [1.807, 2.05) is 19.1 Å². The Morgan fingerprint density at radius 1 is 1.29 bits per heavy atom. The molecule has 2 aliphatic rings. The molecule has 7 nitrogen and oxygen atoms in total. The fraction of sp³-hybridized carbons (Fsp3) is 0.571. The van der Waals surface area contributed by atoms with Gasteiger partial charge in [0.1, 0.15) is 0 Å². The first-order chi connectivity index (χ1) is 13.7.